The number of aldehydes is 1. The van der Waals surface area contributed by atoms with Crippen LogP contribution in [0.5, 0.6) is 0 Å². The number of nitrogens with one attached hydrogen (secondary N) is 1. The molecular formula is C19H17ClN2O4S. The number of hydrogen-bond donors (Lipinski definition) is 1. The Morgan fingerprint density at radius 2 is 1.78 bits per heavy atom. The largest absolute Gasteiger partial charge is 0.379 e. The van der Waals surface area contributed by atoms with E-state index in [1.807, 2.05) is 12.1 Å². The molecule has 0 unspecified atom stereocenters. The molecule has 27 heavy (non-hydrogen) atoms. The van der Waals surface area contributed by atoms with Gasteiger partial charge >= 0.3 is 0 Å². The molecule has 0 amide bonds. The summed E-state index contributed by atoms with van der Waals surface area (Å²) in [5.74, 6) is 0. The van der Waals surface area contributed by atoms with Crippen LogP contribution in [0.1, 0.15) is 10.4 Å². The molecule has 140 valence electrons. The van der Waals surface area contributed by atoms with Crippen molar-refractivity contribution in [1.82, 2.24) is 9.29 Å². The second-order valence-electron chi connectivity index (χ2n) is 6.26. The number of morpholine rings is 1. The minimum absolute atomic E-state index is 0.168. The van der Waals surface area contributed by atoms with E-state index >= 15 is 0 Å². The van der Waals surface area contributed by atoms with E-state index < -0.39 is 10.0 Å². The minimum atomic E-state index is -3.63. The third-order valence-electron chi connectivity index (χ3n) is 4.67. The van der Waals surface area contributed by atoms with Crippen LogP contribution in [0, 0.1) is 0 Å². The number of fused-ring (bicyclic) bond motifs is 1. The summed E-state index contributed by atoms with van der Waals surface area (Å²) in [5.41, 5.74) is 2.56. The standard InChI is InChI=1S/C19H17ClN2O4S/c20-14-3-1-13(2-4-14)19-17(12-23)16-11-15(5-6-18(16)21-19)27(24,25)22-7-9-26-10-8-22/h1-6,11-12,21H,7-10H2. The summed E-state index contributed by atoms with van der Waals surface area (Å²) in [7, 11) is -3.63. The van der Waals surface area contributed by atoms with Gasteiger partial charge in [0.15, 0.2) is 6.29 Å². The monoisotopic (exact) mass is 404 g/mol. The molecule has 0 spiro atoms. The van der Waals surface area contributed by atoms with Gasteiger partial charge in [0.25, 0.3) is 0 Å². The number of aromatic nitrogens is 1. The minimum Gasteiger partial charge on any atom is -0.379 e. The summed E-state index contributed by atoms with van der Waals surface area (Å²) < 4.78 is 32.4. The lowest BCUT2D eigenvalue weighted by atomic mass is 10.1. The smallest absolute Gasteiger partial charge is 0.243 e. The van der Waals surface area contributed by atoms with Gasteiger partial charge in [-0.15, -0.1) is 0 Å². The van der Waals surface area contributed by atoms with Gasteiger partial charge in [-0.3, -0.25) is 4.79 Å². The van der Waals surface area contributed by atoms with Crippen molar-refractivity contribution < 1.29 is 17.9 Å². The average molecular weight is 405 g/mol. The molecule has 4 rings (SSSR count). The van der Waals surface area contributed by atoms with E-state index in [9.17, 15) is 13.2 Å². The third-order valence-corrected chi connectivity index (χ3v) is 6.82. The number of sulfonamides is 1. The summed E-state index contributed by atoms with van der Waals surface area (Å²) >= 11 is 5.94. The molecule has 1 fully saturated rings. The van der Waals surface area contributed by atoms with Crippen LogP contribution in [0.3, 0.4) is 0 Å². The first-order valence-electron chi connectivity index (χ1n) is 8.45. The predicted octanol–water partition coefficient (Wildman–Crippen LogP) is 3.32. The lowest BCUT2D eigenvalue weighted by molar-refractivity contribution is 0.0730. The highest BCUT2D eigenvalue weighted by Crippen LogP contribution is 2.32. The van der Waals surface area contributed by atoms with Gasteiger partial charge in [-0.05, 0) is 35.9 Å². The van der Waals surface area contributed by atoms with Gasteiger partial charge < -0.3 is 9.72 Å². The van der Waals surface area contributed by atoms with Crippen LogP contribution < -0.4 is 0 Å². The average Bonchev–Trinajstić information content (AvgIpc) is 3.07. The van der Waals surface area contributed by atoms with Gasteiger partial charge in [-0.1, -0.05) is 23.7 Å². The first-order chi connectivity index (χ1) is 13.0. The second-order valence-corrected chi connectivity index (χ2v) is 8.64. The molecule has 0 bridgehead atoms. The number of carbonyl (C=O) groups excluding carboxylic acids is 1. The Labute approximate surface area is 161 Å². The van der Waals surface area contributed by atoms with E-state index in [0.29, 0.717) is 53.5 Å². The van der Waals surface area contributed by atoms with Crippen LogP contribution >= 0.6 is 11.6 Å². The molecule has 8 heteroatoms. The lowest BCUT2D eigenvalue weighted by Gasteiger charge is -2.26. The molecule has 0 aliphatic carbocycles. The third kappa shape index (κ3) is 3.27. The van der Waals surface area contributed by atoms with Gasteiger partial charge in [-0.25, -0.2) is 8.42 Å². The number of nitrogens with zero attached hydrogens (tertiary/aromatic N) is 1. The maximum absolute atomic E-state index is 12.9. The van der Waals surface area contributed by atoms with E-state index in [2.05, 4.69) is 4.98 Å². The van der Waals surface area contributed by atoms with Crippen LogP contribution in [-0.2, 0) is 14.8 Å². The molecule has 0 saturated carbocycles. The number of halogens is 1. The summed E-state index contributed by atoms with van der Waals surface area (Å²) in [5, 5.41) is 1.17. The van der Waals surface area contributed by atoms with Crippen molar-refractivity contribution in [2.24, 2.45) is 0 Å². The molecule has 2 aromatic carbocycles. The first kappa shape index (κ1) is 18.2. The maximum Gasteiger partial charge on any atom is 0.243 e. The molecular weight excluding hydrogens is 388 g/mol. The van der Waals surface area contributed by atoms with Crippen LogP contribution in [0.15, 0.2) is 47.4 Å². The van der Waals surface area contributed by atoms with Crippen molar-refractivity contribution in [2.75, 3.05) is 26.3 Å². The van der Waals surface area contributed by atoms with Crippen LogP contribution in [0.25, 0.3) is 22.2 Å². The SMILES string of the molecule is O=Cc1c(-c2ccc(Cl)cc2)[nH]c2ccc(S(=O)(=O)N3CCOCC3)cc12. The number of aromatic amines is 1. The number of H-pyrrole nitrogens is 1. The highest BCUT2D eigenvalue weighted by molar-refractivity contribution is 7.89. The Hall–Kier alpha value is -2.19. The van der Waals surface area contributed by atoms with Gasteiger partial charge in [0.2, 0.25) is 10.0 Å². The fourth-order valence-corrected chi connectivity index (χ4v) is 4.82. The van der Waals surface area contributed by atoms with E-state index in [4.69, 9.17) is 16.3 Å². The van der Waals surface area contributed by atoms with Crippen molar-refractivity contribution in [3.05, 3.63) is 53.1 Å². The lowest BCUT2D eigenvalue weighted by Crippen LogP contribution is -2.40. The zero-order chi connectivity index (χ0) is 19.0. The van der Waals surface area contributed by atoms with Crippen molar-refractivity contribution in [1.29, 1.82) is 0 Å². The van der Waals surface area contributed by atoms with E-state index in [-0.39, 0.29) is 4.90 Å². The van der Waals surface area contributed by atoms with Crippen molar-refractivity contribution >= 4 is 38.8 Å². The number of benzene rings is 2. The highest BCUT2D eigenvalue weighted by atomic mass is 35.5. The molecule has 1 aromatic heterocycles. The Balaban J connectivity index is 1.82. The molecule has 2 heterocycles. The van der Waals surface area contributed by atoms with E-state index in [1.54, 1.807) is 30.3 Å². The molecule has 1 aliphatic rings. The topological polar surface area (TPSA) is 79.5 Å². The van der Waals surface area contributed by atoms with E-state index in [0.717, 1.165) is 11.8 Å². The predicted molar refractivity (Wildman–Crippen MR) is 104 cm³/mol. The first-order valence-corrected chi connectivity index (χ1v) is 10.3. The van der Waals surface area contributed by atoms with Crippen molar-refractivity contribution in [2.45, 2.75) is 4.90 Å². The number of ether oxygens (including phenoxy) is 1. The fraction of sp³-hybridized carbons (Fsp3) is 0.211. The van der Waals surface area contributed by atoms with Crippen molar-refractivity contribution in [3.63, 3.8) is 0 Å². The van der Waals surface area contributed by atoms with Gasteiger partial charge in [0.1, 0.15) is 0 Å². The summed E-state index contributed by atoms with van der Waals surface area (Å²) in [6.07, 6.45) is 0.744. The van der Waals surface area contributed by atoms with Gasteiger partial charge in [0, 0.05) is 34.6 Å². The number of hydrogen-bond acceptors (Lipinski definition) is 4. The van der Waals surface area contributed by atoms with Crippen molar-refractivity contribution in [3.8, 4) is 11.3 Å². The number of carbonyl (C=O) groups is 1. The van der Waals surface area contributed by atoms with Gasteiger partial charge in [0.05, 0.1) is 23.8 Å². The molecule has 1 saturated heterocycles. The molecule has 3 aromatic rings. The second kappa shape index (κ2) is 7.09. The van der Waals surface area contributed by atoms with Crippen LogP contribution in [0.4, 0.5) is 0 Å². The fourth-order valence-electron chi connectivity index (χ4n) is 3.25. The zero-order valence-electron chi connectivity index (χ0n) is 14.3. The molecule has 6 nitrogen and oxygen atoms in total. The van der Waals surface area contributed by atoms with Crippen LogP contribution in [-0.4, -0.2) is 50.3 Å². The molecule has 0 radical (unpaired) electrons. The van der Waals surface area contributed by atoms with Gasteiger partial charge in [-0.2, -0.15) is 4.31 Å². The molecule has 1 N–H and O–H groups in total. The Morgan fingerprint density at radius 1 is 1.07 bits per heavy atom. The summed E-state index contributed by atoms with van der Waals surface area (Å²) in [4.78, 5) is 15.2. The highest BCUT2D eigenvalue weighted by Gasteiger charge is 2.27. The summed E-state index contributed by atoms with van der Waals surface area (Å²) in [6, 6.07) is 11.9. The van der Waals surface area contributed by atoms with E-state index in [1.165, 1.54) is 4.31 Å². The summed E-state index contributed by atoms with van der Waals surface area (Å²) in [6.45, 7) is 1.41. The Bertz CT molecular complexity index is 1100. The van der Waals surface area contributed by atoms with Crippen LogP contribution in [0.2, 0.25) is 5.02 Å². The molecule has 0 atom stereocenters. The Morgan fingerprint density at radius 3 is 2.44 bits per heavy atom. The molecule has 1 aliphatic heterocycles. The normalized spacial score (nSPS) is 15.9. The number of rotatable bonds is 4. The zero-order valence-corrected chi connectivity index (χ0v) is 15.9. The maximum atomic E-state index is 12.9. The Kier molecular flexibility index (Phi) is 4.77. The quantitative estimate of drug-likeness (QED) is 0.676.